The Morgan fingerprint density at radius 1 is 1.00 bits per heavy atom. The van der Waals surface area contributed by atoms with Crippen molar-refractivity contribution in [3.05, 3.63) is 12.2 Å². The zero-order chi connectivity index (χ0) is 7.23. The second-order valence-corrected chi connectivity index (χ2v) is 3.09. The Bertz CT molecular complexity index is 107. The molecule has 0 aliphatic heterocycles. The molecule has 0 aromatic rings. The summed E-state index contributed by atoms with van der Waals surface area (Å²) >= 11 is 0. The van der Waals surface area contributed by atoms with E-state index in [2.05, 4.69) is 12.2 Å². The molecule has 0 saturated carbocycles. The molecule has 2 N–H and O–H groups in total. The topological polar surface area (TPSA) is 26.0 Å². The maximum atomic E-state index is 5.84. The molecule has 1 rings (SSSR count). The summed E-state index contributed by atoms with van der Waals surface area (Å²) in [5.41, 5.74) is 5.84. The maximum absolute atomic E-state index is 5.84. The van der Waals surface area contributed by atoms with Gasteiger partial charge in [-0.05, 0) is 32.1 Å². The van der Waals surface area contributed by atoms with Crippen LogP contribution in [-0.2, 0) is 0 Å². The standard InChI is InChI=1S/C9H17N/c10-9-7-5-3-1-2-4-6-8-9/h1,3,9H,2,4-8,10H2. The minimum Gasteiger partial charge on any atom is -0.328 e. The molecule has 0 amide bonds. The lowest BCUT2D eigenvalue weighted by atomic mass is 10.1. The van der Waals surface area contributed by atoms with Gasteiger partial charge in [0.1, 0.15) is 0 Å². The number of hydrogen-bond acceptors (Lipinski definition) is 1. The van der Waals surface area contributed by atoms with Gasteiger partial charge in [-0.15, -0.1) is 0 Å². The summed E-state index contributed by atoms with van der Waals surface area (Å²) in [6.07, 6.45) is 12.0. The van der Waals surface area contributed by atoms with E-state index in [0.29, 0.717) is 6.04 Å². The summed E-state index contributed by atoms with van der Waals surface area (Å²) < 4.78 is 0. The predicted molar refractivity (Wildman–Crippen MR) is 44.8 cm³/mol. The molecule has 1 heteroatoms. The summed E-state index contributed by atoms with van der Waals surface area (Å²) in [6, 6.07) is 0.461. The van der Waals surface area contributed by atoms with E-state index >= 15 is 0 Å². The highest BCUT2D eigenvalue weighted by atomic mass is 14.6. The van der Waals surface area contributed by atoms with Gasteiger partial charge >= 0.3 is 0 Å². The van der Waals surface area contributed by atoms with Gasteiger partial charge in [-0.1, -0.05) is 18.6 Å². The van der Waals surface area contributed by atoms with E-state index < -0.39 is 0 Å². The number of rotatable bonds is 0. The van der Waals surface area contributed by atoms with Crippen LogP contribution >= 0.6 is 0 Å². The van der Waals surface area contributed by atoms with Gasteiger partial charge in [0, 0.05) is 6.04 Å². The van der Waals surface area contributed by atoms with Crippen molar-refractivity contribution in [3.8, 4) is 0 Å². The van der Waals surface area contributed by atoms with Crippen LogP contribution in [0, 0.1) is 0 Å². The van der Waals surface area contributed by atoms with E-state index in [1.807, 2.05) is 0 Å². The fraction of sp³-hybridized carbons (Fsp3) is 0.778. The van der Waals surface area contributed by atoms with Crippen molar-refractivity contribution in [2.24, 2.45) is 5.73 Å². The zero-order valence-electron chi connectivity index (χ0n) is 6.55. The molecule has 10 heavy (non-hydrogen) atoms. The van der Waals surface area contributed by atoms with E-state index in [1.165, 1.54) is 38.5 Å². The third-order valence-electron chi connectivity index (χ3n) is 2.07. The van der Waals surface area contributed by atoms with Gasteiger partial charge in [0.15, 0.2) is 0 Å². The number of hydrogen-bond donors (Lipinski definition) is 1. The van der Waals surface area contributed by atoms with Crippen molar-refractivity contribution in [2.75, 3.05) is 0 Å². The second-order valence-electron chi connectivity index (χ2n) is 3.09. The maximum Gasteiger partial charge on any atom is 0.00417 e. The highest BCUT2D eigenvalue weighted by Gasteiger charge is 2.01. The minimum atomic E-state index is 0.461. The average Bonchev–Trinajstić information content (AvgIpc) is 2.02. The lowest BCUT2D eigenvalue weighted by molar-refractivity contribution is 0.544. The van der Waals surface area contributed by atoms with Crippen LogP contribution in [0.15, 0.2) is 12.2 Å². The molecule has 0 radical (unpaired) electrons. The first-order valence-electron chi connectivity index (χ1n) is 4.30. The van der Waals surface area contributed by atoms with Gasteiger partial charge in [-0.25, -0.2) is 0 Å². The normalized spacial score (nSPS) is 28.7. The molecule has 0 fully saturated rings. The Hall–Kier alpha value is -0.300. The Morgan fingerprint density at radius 3 is 2.70 bits per heavy atom. The molecular formula is C9H17N. The smallest absolute Gasteiger partial charge is 0.00417 e. The lowest BCUT2D eigenvalue weighted by Gasteiger charge is -2.07. The van der Waals surface area contributed by atoms with E-state index in [0.717, 1.165) is 0 Å². The largest absolute Gasteiger partial charge is 0.328 e. The molecule has 1 atom stereocenters. The van der Waals surface area contributed by atoms with Crippen molar-refractivity contribution < 1.29 is 0 Å². The van der Waals surface area contributed by atoms with Crippen molar-refractivity contribution >= 4 is 0 Å². The molecule has 0 spiro atoms. The molecule has 0 saturated heterocycles. The molecule has 1 nitrogen and oxygen atoms in total. The molecule has 1 unspecified atom stereocenters. The van der Waals surface area contributed by atoms with E-state index in [1.54, 1.807) is 0 Å². The first-order valence-corrected chi connectivity index (χ1v) is 4.30. The Morgan fingerprint density at radius 2 is 1.80 bits per heavy atom. The van der Waals surface area contributed by atoms with Crippen molar-refractivity contribution in [3.63, 3.8) is 0 Å². The van der Waals surface area contributed by atoms with Gasteiger partial charge in [-0.2, -0.15) is 0 Å². The van der Waals surface area contributed by atoms with Crippen LogP contribution in [0.2, 0.25) is 0 Å². The van der Waals surface area contributed by atoms with Crippen molar-refractivity contribution in [1.82, 2.24) is 0 Å². The summed E-state index contributed by atoms with van der Waals surface area (Å²) in [5, 5.41) is 0. The van der Waals surface area contributed by atoms with Crippen molar-refractivity contribution in [2.45, 2.75) is 44.6 Å². The highest BCUT2D eigenvalue weighted by molar-refractivity contribution is 4.84. The molecular weight excluding hydrogens is 122 g/mol. The Kier molecular flexibility index (Phi) is 3.52. The fourth-order valence-corrected chi connectivity index (χ4v) is 1.36. The third-order valence-corrected chi connectivity index (χ3v) is 2.07. The minimum absolute atomic E-state index is 0.461. The molecule has 1 aliphatic carbocycles. The quantitative estimate of drug-likeness (QED) is 0.512. The van der Waals surface area contributed by atoms with Crippen LogP contribution in [0.4, 0.5) is 0 Å². The van der Waals surface area contributed by atoms with Crippen LogP contribution < -0.4 is 5.73 Å². The summed E-state index contributed by atoms with van der Waals surface area (Å²) in [5.74, 6) is 0. The summed E-state index contributed by atoms with van der Waals surface area (Å²) in [6.45, 7) is 0. The number of allylic oxidation sites excluding steroid dienone is 2. The van der Waals surface area contributed by atoms with E-state index in [-0.39, 0.29) is 0 Å². The highest BCUT2D eigenvalue weighted by Crippen LogP contribution is 2.10. The predicted octanol–water partition coefficient (Wildman–Crippen LogP) is 2.22. The molecule has 1 aliphatic rings. The van der Waals surface area contributed by atoms with Crippen LogP contribution in [-0.4, -0.2) is 6.04 Å². The lowest BCUT2D eigenvalue weighted by Crippen LogP contribution is -2.18. The monoisotopic (exact) mass is 139 g/mol. The van der Waals surface area contributed by atoms with Gasteiger partial charge in [0.05, 0.1) is 0 Å². The van der Waals surface area contributed by atoms with Gasteiger partial charge in [-0.3, -0.25) is 0 Å². The zero-order valence-corrected chi connectivity index (χ0v) is 6.55. The van der Waals surface area contributed by atoms with Gasteiger partial charge in [0.25, 0.3) is 0 Å². The van der Waals surface area contributed by atoms with Gasteiger partial charge in [0.2, 0.25) is 0 Å². The molecule has 0 heterocycles. The van der Waals surface area contributed by atoms with Gasteiger partial charge < -0.3 is 5.73 Å². The van der Waals surface area contributed by atoms with E-state index in [4.69, 9.17) is 5.73 Å². The fourth-order valence-electron chi connectivity index (χ4n) is 1.36. The van der Waals surface area contributed by atoms with Crippen LogP contribution in [0.1, 0.15) is 38.5 Å². The summed E-state index contributed by atoms with van der Waals surface area (Å²) in [4.78, 5) is 0. The first-order chi connectivity index (χ1) is 4.89. The van der Waals surface area contributed by atoms with E-state index in [9.17, 15) is 0 Å². The Labute approximate surface area is 63.3 Å². The molecule has 0 aromatic carbocycles. The SMILES string of the molecule is NC1CCC=CCCCC1. The van der Waals surface area contributed by atoms with Crippen molar-refractivity contribution in [1.29, 1.82) is 0 Å². The average molecular weight is 139 g/mol. The second kappa shape index (κ2) is 4.51. The first kappa shape index (κ1) is 7.80. The van der Waals surface area contributed by atoms with Crippen LogP contribution in [0.25, 0.3) is 0 Å². The van der Waals surface area contributed by atoms with Crippen LogP contribution in [0.3, 0.4) is 0 Å². The third kappa shape index (κ3) is 3.02. The number of nitrogens with two attached hydrogens (primary N) is 1. The summed E-state index contributed by atoms with van der Waals surface area (Å²) in [7, 11) is 0. The molecule has 58 valence electrons. The molecule has 0 aromatic heterocycles. The van der Waals surface area contributed by atoms with Crippen LogP contribution in [0.5, 0.6) is 0 Å². The Balaban J connectivity index is 2.25. The molecule has 0 bridgehead atoms.